The highest BCUT2D eigenvalue weighted by Crippen LogP contribution is 2.36. The van der Waals surface area contributed by atoms with Gasteiger partial charge in [-0.1, -0.05) is 19.8 Å². The molecule has 0 aromatic rings. The van der Waals surface area contributed by atoms with Gasteiger partial charge in [0.25, 0.3) is 0 Å². The van der Waals surface area contributed by atoms with Gasteiger partial charge in [-0.2, -0.15) is 0 Å². The van der Waals surface area contributed by atoms with Gasteiger partial charge in [-0.15, -0.1) is 0 Å². The van der Waals surface area contributed by atoms with Crippen LogP contribution in [0.4, 0.5) is 0 Å². The van der Waals surface area contributed by atoms with Gasteiger partial charge in [-0.25, -0.2) is 0 Å². The Morgan fingerprint density at radius 3 is 2.60 bits per heavy atom. The molecule has 2 rings (SSSR count). The second-order valence-electron chi connectivity index (χ2n) is 5.61. The Morgan fingerprint density at radius 1 is 1.20 bits per heavy atom. The second kappa shape index (κ2) is 5.31. The van der Waals surface area contributed by atoms with E-state index in [0.29, 0.717) is 6.04 Å². The lowest BCUT2D eigenvalue weighted by atomic mass is 9.84. The van der Waals surface area contributed by atoms with E-state index in [4.69, 9.17) is 5.73 Å². The average molecular weight is 210 g/mol. The van der Waals surface area contributed by atoms with Crippen molar-refractivity contribution in [3.8, 4) is 0 Å². The van der Waals surface area contributed by atoms with E-state index >= 15 is 0 Å². The SMILES string of the molecule is CC(CNC1CCCCC1CN)C1CC1. The Bertz CT molecular complexity index is 189. The Hall–Kier alpha value is -0.0800. The smallest absolute Gasteiger partial charge is 0.0107 e. The summed E-state index contributed by atoms with van der Waals surface area (Å²) < 4.78 is 0. The summed E-state index contributed by atoms with van der Waals surface area (Å²) in [6.45, 7) is 4.48. The summed E-state index contributed by atoms with van der Waals surface area (Å²) in [6.07, 6.45) is 8.40. The molecule has 0 aromatic carbocycles. The Kier molecular flexibility index (Phi) is 4.04. The molecule has 0 aliphatic heterocycles. The molecular formula is C13H26N2. The summed E-state index contributed by atoms with van der Waals surface area (Å²) in [4.78, 5) is 0. The third-order valence-electron chi connectivity index (χ3n) is 4.34. The highest BCUT2D eigenvalue weighted by molar-refractivity contribution is 4.85. The molecule has 88 valence electrons. The highest BCUT2D eigenvalue weighted by Gasteiger charge is 2.29. The van der Waals surface area contributed by atoms with E-state index in [2.05, 4.69) is 12.2 Å². The number of nitrogens with two attached hydrogens (primary N) is 1. The molecule has 2 aliphatic rings. The number of hydrogen-bond acceptors (Lipinski definition) is 2. The van der Waals surface area contributed by atoms with Gasteiger partial charge in [0.15, 0.2) is 0 Å². The van der Waals surface area contributed by atoms with Gasteiger partial charge in [-0.3, -0.25) is 0 Å². The fourth-order valence-electron chi connectivity index (χ4n) is 2.93. The van der Waals surface area contributed by atoms with Crippen molar-refractivity contribution in [3.05, 3.63) is 0 Å². The molecule has 0 heterocycles. The molecule has 0 saturated heterocycles. The lowest BCUT2D eigenvalue weighted by Crippen LogP contribution is -2.43. The summed E-state index contributed by atoms with van der Waals surface area (Å²) in [5.41, 5.74) is 5.83. The minimum Gasteiger partial charge on any atom is -0.330 e. The van der Waals surface area contributed by atoms with Crippen molar-refractivity contribution in [2.24, 2.45) is 23.5 Å². The van der Waals surface area contributed by atoms with E-state index in [9.17, 15) is 0 Å². The summed E-state index contributed by atoms with van der Waals surface area (Å²) in [5, 5.41) is 3.76. The highest BCUT2D eigenvalue weighted by atomic mass is 14.9. The topological polar surface area (TPSA) is 38.0 Å². The third-order valence-corrected chi connectivity index (χ3v) is 4.34. The van der Waals surface area contributed by atoms with Gasteiger partial charge < -0.3 is 11.1 Å². The molecular weight excluding hydrogens is 184 g/mol. The zero-order chi connectivity index (χ0) is 10.7. The van der Waals surface area contributed by atoms with Crippen molar-refractivity contribution in [1.82, 2.24) is 5.32 Å². The number of rotatable bonds is 5. The van der Waals surface area contributed by atoms with Gasteiger partial charge in [-0.05, 0) is 56.5 Å². The fourth-order valence-corrected chi connectivity index (χ4v) is 2.93. The predicted octanol–water partition coefficient (Wildman–Crippen LogP) is 2.14. The minimum atomic E-state index is 0.713. The van der Waals surface area contributed by atoms with E-state index in [1.165, 1.54) is 45.1 Å². The van der Waals surface area contributed by atoms with Crippen molar-refractivity contribution < 1.29 is 0 Å². The summed E-state index contributed by atoms with van der Waals surface area (Å²) in [7, 11) is 0. The van der Waals surface area contributed by atoms with E-state index < -0.39 is 0 Å². The molecule has 0 spiro atoms. The third kappa shape index (κ3) is 3.18. The first-order valence-corrected chi connectivity index (χ1v) is 6.74. The lowest BCUT2D eigenvalue weighted by molar-refractivity contribution is 0.255. The maximum Gasteiger partial charge on any atom is 0.0107 e. The predicted molar refractivity (Wildman–Crippen MR) is 64.7 cm³/mol. The Morgan fingerprint density at radius 2 is 1.93 bits per heavy atom. The van der Waals surface area contributed by atoms with Crippen LogP contribution in [0, 0.1) is 17.8 Å². The standard InChI is InChI=1S/C13H26N2/c1-10(11-6-7-11)9-15-13-5-3-2-4-12(13)8-14/h10-13,15H,2-9,14H2,1H3. The number of nitrogens with one attached hydrogen (secondary N) is 1. The number of hydrogen-bond donors (Lipinski definition) is 2. The molecule has 0 bridgehead atoms. The summed E-state index contributed by atoms with van der Waals surface area (Å²) in [5.74, 6) is 2.65. The first kappa shape index (κ1) is 11.4. The molecule has 0 amide bonds. The first-order valence-electron chi connectivity index (χ1n) is 6.74. The normalized spacial score (nSPS) is 34.0. The quantitative estimate of drug-likeness (QED) is 0.729. The maximum atomic E-state index is 5.83. The van der Waals surface area contributed by atoms with Crippen molar-refractivity contribution in [1.29, 1.82) is 0 Å². The second-order valence-corrected chi connectivity index (χ2v) is 5.61. The molecule has 3 N–H and O–H groups in total. The van der Waals surface area contributed by atoms with Crippen LogP contribution in [0.25, 0.3) is 0 Å². The molecule has 2 nitrogen and oxygen atoms in total. The van der Waals surface area contributed by atoms with Crippen molar-refractivity contribution in [3.63, 3.8) is 0 Å². The molecule has 3 atom stereocenters. The molecule has 2 heteroatoms. The zero-order valence-electron chi connectivity index (χ0n) is 10.0. The van der Waals surface area contributed by atoms with Gasteiger partial charge in [0.05, 0.1) is 0 Å². The maximum absolute atomic E-state index is 5.83. The van der Waals surface area contributed by atoms with Crippen LogP contribution < -0.4 is 11.1 Å². The zero-order valence-corrected chi connectivity index (χ0v) is 10.0. The van der Waals surface area contributed by atoms with Crippen LogP contribution in [0.15, 0.2) is 0 Å². The minimum absolute atomic E-state index is 0.713. The van der Waals surface area contributed by atoms with Crippen molar-refractivity contribution >= 4 is 0 Å². The van der Waals surface area contributed by atoms with Crippen molar-refractivity contribution in [2.75, 3.05) is 13.1 Å². The Labute approximate surface area is 94.0 Å². The van der Waals surface area contributed by atoms with Crippen LogP contribution in [0.3, 0.4) is 0 Å². The van der Waals surface area contributed by atoms with Gasteiger partial charge in [0.1, 0.15) is 0 Å². The van der Waals surface area contributed by atoms with E-state index in [1.807, 2.05) is 0 Å². The molecule has 15 heavy (non-hydrogen) atoms. The summed E-state index contributed by atoms with van der Waals surface area (Å²) >= 11 is 0. The van der Waals surface area contributed by atoms with E-state index in [1.54, 1.807) is 0 Å². The summed E-state index contributed by atoms with van der Waals surface area (Å²) in [6, 6.07) is 0.713. The van der Waals surface area contributed by atoms with Crippen LogP contribution in [-0.4, -0.2) is 19.1 Å². The van der Waals surface area contributed by atoms with E-state index in [0.717, 1.165) is 24.3 Å². The molecule has 0 radical (unpaired) electrons. The van der Waals surface area contributed by atoms with E-state index in [-0.39, 0.29) is 0 Å². The van der Waals surface area contributed by atoms with Crippen molar-refractivity contribution in [2.45, 2.75) is 51.5 Å². The molecule has 3 unspecified atom stereocenters. The molecule has 2 aliphatic carbocycles. The first-order chi connectivity index (χ1) is 7.31. The van der Waals surface area contributed by atoms with Crippen LogP contribution in [-0.2, 0) is 0 Å². The Balaban J connectivity index is 1.71. The average Bonchev–Trinajstić information content (AvgIpc) is 3.10. The molecule has 2 saturated carbocycles. The van der Waals surface area contributed by atoms with Gasteiger partial charge in [0, 0.05) is 6.04 Å². The lowest BCUT2D eigenvalue weighted by Gasteiger charge is -2.32. The van der Waals surface area contributed by atoms with Gasteiger partial charge in [0.2, 0.25) is 0 Å². The van der Waals surface area contributed by atoms with Gasteiger partial charge >= 0.3 is 0 Å². The van der Waals surface area contributed by atoms with Crippen LogP contribution in [0.2, 0.25) is 0 Å². The molecule has 0 aromatic heterocycles. The largest absolute Gasteiger partial charge is 0.330 e. The fraction of sp³-hybridized carbons (Fsp3) is 1.00. The van der Waals surface area contributed by atoms with Crippen LogP contribution >= 0.6 is 0 Å². The molecule has 2 fully saturated rings. The van der Waals surface area contributed by atoms with Crippen LogP contribution in [0.1, 0.15) is 45.4 Å². The monoisotopic (exact) mass is 210 g/mol. The van der Waals surface area contributed by atoms with Crippen LogP contribution in [0.5, 0.6) is 0 Å².